The predicted molar refractivity (Wildman–Crippen MR) is 107 cm³/mol. The van der Waals surface area contributed by atoms with E-state index in [1.54, 1.807) is 4.52 Å². The summed E-state index contributed by atoms with van der Waals surface area (Å²) in [5, 5.41) is 15.3. The molecule has 3 heterocycles. The molecule has 138 valence electrons. The molecule has 6 nitrogen and oxygen atoms in total. The Kier molecular flexibility index (Phi) is 5.00. The second-order valence-corrected chi connectivity index (χ2v) is 8.59. The monoisotopic (exact) mass is 435 g/mol. The minimum atomic E-state index is -0.000207. The maximum Gasteiger partial charge on any atom is 0.230 e. The first-order chi connectivity index (χ1) is 12.6. The van der Waals surface area contributed by atoms with Gasteiger partial charge < -0.3 is 10.0 Å². The van der Waals surface area contributed by atoms with Gasteiger partial charge in [0.25, 0.3) is 0 Å². The fraction of sp³-hybridized carbons (Fsp3) is 0.444. The van der Waals surface area contributed by atoms with E-state index in [1.165, 1.54) is 16.9 Å². The molecule has 4 rings (SSSR count). The number of aromatic hydroxyl groups is 1. The van der Waals surface area contributed by atoms with Gasteiger partial charge in [-0.05, 0) is 24.7 Å². The van der Waals surface area contributed by atoms with Crippen molar-refractivity contribution in [1.82, 2.24) is 24.4 Å². The normalized spacial score (nSPS) is 17.8. The highest BCUT2D eigenvalue weighted by Crippen LogP contribution is 2.40. The fourth-order valence-corrected chi connectivity index (χ4v) is 4.96. The summed E-state index contributed by atoms with van der Waals surface area (Å²) in [6, 6.07) is 8.34. The molecule has 2 aromatic heterocycles. The number of thiazole rings is 1. The number of likely N-dealkylation sites (N-methyl/N-ethyl adjacent to an activating group) is 1. The predicted octanol–water partition coefficient (Wildman–Crippen LogP) is 3.16. The first kappa shape index (κ1) is 17.9. The summed E-state index contributed by atoms with van der Waals surface area (Å²) in [5.74, 6) is 0.970. The molecule has 1 fully saturated rings. The Morgan fingerprint density at radius 2 is 2.04 bits per heavy atom. The molecule has 0 aliphatic carbocycles. The molecule has 0 saturated carbocycles. The third-order valence-corrected chi connectivity index (χ3v) is 6.44. The Morgan fingerprint density at radius 3 is 2.69 bits per heavy atom. The van der Waals surface area contributed by atoms with Gasteiger partial charge in [-0.2, -0.15) is 4.52 Å². The fourth-order valence-electron chi connectivity index (χ4n) is 3.40. The average Bonchev–Trinajstić information content (AvgIpc) is 3.17. The van der Waals surface area contributed by atoms with E-state index in [9.17, 15) is 5.11 Å². The summed E-state index contributed by atoms with van der Waals surface area (Å²) in [6.07, 6.45) is 0.761. The van der Waals surface area contributed by atoms with Crippen LogP contribution in [0.25, 0.3) is 4.96 Å². The van der Waals surface area contributed by atoms with Crippen molar-refractivity contribution in [3.8, 4) is 5.88 Å². The number of hydrogen-bond acceptors (Lipinski definition) is 6. The van der Waals surface area contributed by atoms with Crippen LogP contribution in [0.3, 0.4) is 0 Å². The van der Waals surface area contributed by atoms with E-state index >= 15 is 0 Å². The molecule has 1 aliphatic heterocycles. The van der Waals surface area contributed by atoms with E-state index in [1.807, 2.05) is 19.1 Å². The van der Waals surface area contributed by atoms with E-state index in [-0.39, 0.29) is 11.9 Å². The van der Waals surface area contributed by atoms with Gasteiger partial charge in [-0.3, -0.25) is 4.90 Å². The zero-order valence-electron chi connectivity index (χ0n) is 14.9. The van der Waals surface area contributed by atoms with Crippen LogP contribution in [-0.4, -0.2) is 62.7 Å². The minimum Gasteiger partial charge on any atom is -0.492 e. The van der Waals surface area contributed by atoms with Gasteiger partial charge in [0.2, 0.25) is 10.8 Å². The number of fused-ring (bicyclic) bond motifs is 1. The van der Waals surface area contributed by atoms with Crippen LogP contribution in [0.2, 0.25) is 0 Å². The van der Waals surface area contributed by atoms with Gasteiger partial charge in [-0.15, -0.1) is 5.10 Å². The third kappa shape index (κ3) is 3.26. The number of nitrogens with zero attached hydrogens (tertiary/aromatic N) is 5. The van der Waals surface area contributed by atoms with E-state index in [4.69, 9.17) is 0 Å². The van der Waals surface area contributed by atoms with Gasteiger partial charge in [0.05, 0.1) is 10.9 Å². The van der Waals surface area contributed by atoms with Gasteiger partial charge in [0.15, 0.2) is 5.82 Å². The van der Waals surface area contributed by atoms with Crippen molar-refractivity contribution >= 4 is 32.2 Å². The van der Waals surface area contributed by atoms with Gasteiger partial charge in [0.1, 0.15) is 0 Å². The van der Waals surface area contributed by atoms with Crippen molar-refractivity contribution in [3.63, 3.8) is 0 Å². The largest absolute Gasteiger partial charge is 0.492 e. The molecule has 8 heteroatoms. The lowest BCUT2D eigenvalue weighted by atomic mass is 10.0. The summed E-state index contributed by atoms with van der Waals surface area (Å²) in [6.45, 7) is 5.98. The molecule has 26 heavy (non-hydrogen) atoms. The Hall–Kier alpha value is -1.48. The summed E-state index contributed by atoms with van der Waals surface area (Å²) in [4.78, 5) is 11.0. The number of rotatable bonds is 4. The Bertz CT molecular complexity index is 916. The Balaban J connectivity index is 1.79. The van der Waals surface area contributed by atoms with Crippen molar-refractivity contribution < 1.29 is 5.11 Å². The zero-order chi connectivity index (χ0) is 18.3. The topological polar surface area (TPSA) is 56.9 Å². The van der Waals surface area contributed by atoms with Crippen LogP contribution in [-0.2, 0) is 6.42 Å². The van der Waals surface area contributed by atoms with Crippen molar-refractivity contribution in [3.05, 3.63) is 45.0 Å². The molecule has 3 aromatic rings. The molecule has 1 aliphatic rings. The van der Waals surface area contributed by atoms with E-state index in [0.29, 0.717) is 0 Å². The minimum absolute atomic E-state index is 0.000207. The van der Waals surface area contributed by atoms with Crippen LogP contribution >= 0.6 is 27.3 Å². The molecule has 0 spiro atoms. The van der Waals surface area contributed by atoms with Crippen LogP contribution in [0.4, 0.5) is 0 Å². The highest BCUT2D eigenvalue weighted by Gasteiger charge is 2.31. The lowest BCUT2D eigenvalue weighted by molar-refractivity contribution is 0.127. The standard InChI is InChI=1S/C18H22BrN5OS/c1-3-14-20-18-24(21-14)17(25)16(26-18)15(12-5-4-6-13(19)11-12)23-9-7-22(2)8-10-23/h4-6,11,15,25H,3,7-10H2,1-2H3/t15-/m0/s1. The second-order valence-electron chi connectivity index (χ2n) is 6.66. The molecule has 1 N–H and O–H groups in total. The molecule has 1 atom stereocenters. The number of aromatic nitrogens is 3. The van der Waals surface area contributed by atoms with E-state index in [2.05, 4.69) is 55.0 Å². The van der Waals surface area contributed by atoms with Gasteiger partial charge in [0, 0.05) is 37.1 Å². The smallest absolute Gasteiger partial charge is 0.230 e. The molecule has 0 radical (unpaired) electrons. The first-order valence-corrected chi connectivity index (χ1v) is 10.4. The SMILES string of the molecule is CCc1nc2sc([C@H](c3cccc(Br)c3)N3CCN(C)CC3)c(O)n2n1. The molecule has 1 saturated heterocycles. The molecule has 1 aromatic carbocycles. The molecule has 0 bridgehead atoms. The summed E-state index contributed by atoms with van der Waals surface area (Å²) < 4.78 is 2.63. The van der Waals surface area contributed by atoms with Crippen molar-refractivity contribution in [2.75, 3.05) is 33.2 Å². The molecular formula is C18H22BrN5OS. The highest BCUT2D eigenvalue weighted by atomic mass is 79.9. The van der Waals surface area contributed by atoms with Gasteiger partial charge in [-0.25, -0.2) is 4.98 Å². The van der Waals surface area contributed by atoms with Crippen molar-refractivity contribution in [2.45, 2.75) is 19.4 Å². The average molecular weight is 436 g/mol. The number of aryl methyl sites for hydroxylation is 1. The van der Waals surface area contributed by atoms with Crippen LogP contribution in [0.1, 0.15) is 29.2 Å². The van der Waals surface area contributed by atoms with Gasteiger partial charge >= 0.3 is 0 Å². The van der Waals surface area contributed by atoms with Gasteiger partial charge in [-0.1, -0.05) is 46.3 Å². The van der Waals surface area contributed by atoms with Crippen LogP contribution in [0.15, 0.2) is 28.7 Å². The van der Waals surface area contributed by atoms with E-state index in [0.717, 1.165) is 52.7 Å². The zero-order valence-corrected chi connectivity index (χ0v) is 17.3. The quantitative estimate of drug-likeness (QED) is 0.681. The van der Waals surface area contributed by atoms with Crippen molar-refractivity contribution in [1.29, 1.82) is 0 Å². The lowest BCUT2D eigenvalue weighted by Gasteiger charge is -2.37. The van der Waals surface area contributed by atoms with Crippen LogP contribution < -0.4 is 0 Å². The second kappa shape index (κ2) is 7.26. The summed E-state index contributed by atoms with van der Waals surface area (Å²) >= 11 is 5.12. The van der Waals surface area contributed by atoms with Crippen LogP contribution in [0, 0.1) is 0 Å². The maximum atomic E-state index is 10.9. The summed E-state index contributed by atoms with van der Waals surface area (Å²) in [5.41, 5.74) is 1.17. The number of benzene rings is 1. The lowest BCUT2D eigenvalue weighted by Crippen LogP contribution is -2.46. The van der Waals surface area contributed by atoms with Crippen LogP contribution in [0.5, 0.6) is 5.88 Å². The molecule has 0 unspecified atom stereocenters. The number of halogens is 1. The van der Waals surface area contributed by atoms with E-state index < -0.39 is 0 Å². The summed E-state index contributed by atoms with van der Waals surface area (Å²) in [7, 11) is 2.15. The number of hydrogen-bond donors (Lipinski definition) is 1. The first-order valence-electron chi connectivity index (χ1n) is 8.82. The molecular weight excluding hydrogens is 414 g/mol. The maximum absolute atomic E-state index is 10.9. The third-order valence-electron chi connectivity index (χ3n) is 4.88. The number of piperazine rings is 1. The Labute approximate surface area is 165 Å². The van der Waals surface area contributed by atoms with Crippen molar-refractivity contribution in [2.24, 2.45) is 0 Å². The Morgan fingerprint density at radius 1 is 1.27 bits per heavy atom. The molecule has 0 amide bonds. The highest BCUT2D eigenvalue weighted by molar-refractivity contribution is 9.10.